The number of nitrogens with zero attached hydrogens (tertiary/aromatic N) is 4. The van der Waals surface area contributed by atoms with Crippen LogP contribution in [0, 0.1) is 19.8 Å². The number of hydrogen-bond donors (Lipinski definition) is 1. The zero-order valence-electron chi connectivity index (χ0n) is 15.6. The highest BCUT2D eigenvalue weighted by molar-refractivity contribution is 5.58. The number of alkyl halides is 3. The third-order valence-corrected chi connectivity index (χ3v) is 4.98. The minimum atomic E-state index is -4.12. The van der Waals surface area contributed by atoms with Gasteiger partial charge in [0.05, 0.1) is 6.54 Å². The Labute approximate surface area is 157 Å². The lowest BCUT2D eigenvalue weighted by Crippen LogP contribution is -2.41. The van der Waals surface area contributed by atoms with Gasteiger partial charge < -0.3 is 5.32 Å². The molecule has 0 aromatic carbocycles. The Morgan fingerprint density at radius 1 is 1.19 bits per heavy atom. The molecule has 1 N–H and O–H groups in total. The highest BCUT2D eigenvalue weighted by Crippen LogP contribution is 2.25. The Morgan fingerprint density at radius 3 is 2.56 bits per heavy atom. The first-order chi connectivity index (χ1) is 12.8. The van der Waals surface area contributed by atoms with E-state index < -0.39 is 12.7 Å². The largest absolute Gasteiger partial charge is 0.401 e. The molecule has 1 aliphatic heterocycles. The van der Waals surface area contributed by atoms with E-state index >= 15 is 0 Å². The minimum absolute atomic E-state index is 0.339. The maximum atomic E-state index is 12.5. The lowest BCUT2D eigenvalue weighted by molar-refractivity contribution is -0.148. The van der Waals surface area contributed by atoms with Crippen LogP contribution in [0.15, 0.2) is 24.5 Å². The van der Waals surface area contributed by atoms with Crippen molar-refractivity contribution in [2.45, 2.75) is 32.9 Å². The predicted octanol–water partition coefficient (Wildman–Crippen LogP) is 3.84. The van der Waals surface area contributed by atoms with E-state index in [0.717, 1.165) is 35.5 Å². The van der Waals surface area contributed by atoms with Crippen LogP contribution in [0.4, 0.5) is 19.0 Å². The molecule has 0 aliphatic carbocycles. The summed E-state index contributed by atoms with van der Waals surface area (Å²) >= 11 is 0. The molecule has 1 saturated heterocycles. The van der Waals surface area contributed by atoms with Crippen LogP contribution in [0.1, 0.15) is 24.1 Å². The van der Waals surface area contributed by atoms with Crippen molar-refractivity contribution in [3.05, 3.63) is 35.8 Å². The number of halogens is 3. The molecule has 1 aliphatic rings. The number of rotatable bonds is 5. The fraction of sp³-hybridized carbons (Fsp3) is 0.526. The summed E-state index contributed by atoms with van der Waals surface area (Å²) in [5, 5.41) is 3.38. The lowest BCUT2D eigenvalue weighted by Gasteiger charge is -2.32. The summed E-state index contributed by atoms with van der Waals surface area (Å²) in [6.07, 6.45) is 0.811. The summed E-state index contributed by atoms with van der Waals surface area (Å²) in [6.45, 7) is 4.76. The van der Waals surface area contributed by atoms with E-state index in [-0.39, 0.29) is 0 Å². The summed E-state index contributed by atoms with van der Waals surface area (Å²) < 4.78 is 37.5. The van der Waals surface area contributed by atoms with Crippen molar-refractivity contribution in [2.75, 3.05) is 31.5 Å². The van der Waals surface area contributed by atoms with Crippen LogP contribution in [-0.4, -0.2) is 52.2 Å². The molecule has 3 rings (SSSR count). The highest BCUT2D eigenvalue weighted by atomic mass is 19.4. The number of pyridine rings is 1. The van der Waals surface area contributed by atoms with Crippen LogP contribution < -0.4 is 5.32 Å². The van der Waals surface area contributed by atoms with Crippen molar-refractivity contribution < 1.29 is 13.2 Å². The summed E-state index contributed by atoms with van der Waals surface area (Å²) in [4.78, 5) is 14.8. The van der Waals surface area contributed by atoms with Gasteiger partial charge in [-0.3, -0.25) is 9.88 Å². The monoisotopic (exact) mass is 379 g/mol. The van der Waals surface area contributed by atoms with E-state index in [2.05, 4.69) is 20.3 Å². The third-order valence-electron chi connectivity index (χ3n) is 4.98. The van der Waals surface area contributed by atoms with Crippen LogP contribution in [0.3, 0.4) is 0 Å². The molecule has 146 valence electrons. The summed E-state index contributed by atoms with van der Waals surface area (Å²) in [6, 6.07) is 3.76. The van der Waals surface area contributed by atoms with Crippen molar-refractivity contribution in [1.29, 1.82) is 0 Å². The van der Waals surface area contributed by atoms with Gasteiger partial charge >= 0.3 is 6.18 Å². The van der Waals surface area contributed by atoms with Crippen molar-refractivity contribution in [2.24, 2.45) is 5.92 Å². The molecule has 0 amide bonds. The molecule has 0 unspecified atom stereocenters. The molecule has 2 aromatic heterocycles. The van der Waals surface area contributed by atoms with Gasteiger partial charge in [0, 0.05) is 35.8 Å². The zero-order chi connectivity index (χ0) is 19.4. The molecular weight excluding hydrogens is 355 g/mol. The average molecular weight is 379 g/mol. The number of likely N-dealkylation sites (tertiary alicyclic amines) is 1. The Morgan fingerprint density at radius 2 is 1.93 bits per heavy atom. The standard InChI is InChI=1S/C19H24F3N5/c1-13-14(2)25-18(16-4-3-7-23-11-16)26-17(13)24-10-15-5-8-27(9-6-15)12-19(20,21)22/h3-4,7,11,15H,5-6,8-10,12H2,1-2H3,(H,24,25,26). The van der Waals surface area contributed by atoms with Crippen LogP contribution in [0.25, 0.3) is 11.4 Å². The van der Waals surface area contributed by atoms with Gasteiger partial charge in [0.1, 0.15) is 5.82 Å². The molecule has 0 radical (unpaired) electrons. The van der Waals surface area contributed by atoms with Gasteiger partial charge in [-0.15, -0.1) is 0 Å². The number of anilines is 1. The van der Waals surface area contributed by atoms with Gasteiger partial charge in [0.15, 0.2) is 5.82 Å². The summed E-state index contributed by atoms with van der Waals surface area (Å²) in [5.41, 5.74) is 2.73. The number of nitrogens with one attached hydrogen (secondary N) is 1. The van der Waals surface area contributed by atoms with Crippen molar-refractivity contribution in [1.82, 2.24) is 19.9 Å². The van der Waals surface area contributed by atoms with Gasteiger partial charge in [0.2, 0.25) is 0 Å². The second kappa shape index (κ2) is 8.21. The zero-order valence-corrected chi connectivity index (χ0v) is 15.6. The van der Waals surface area contributed by atoms with Crippen LogP contribution in [0.2, 0.25) is 0 Å². The van der Waals surface area contributed by atoms with E-state index in [1.54, 1.807) is 12.4 Å². The summed E-state index contributed by atoms with van der Waals surface area (Å²) in [7, 11) is 0. The van der Waals surface area contributed by atoms with Crippen molar-refractivity contribution >= 4 is 5.82 Å². The lowest BCUT2D eigenvalue weighted by atomic mass is 9.96. The van der Waals surface area contributed by atoms with Crippen LogP contribution in [0.5, 0.6) is 0 Å². The van der Waals surface area contributed by atoms with Crippen LogP contribution in [-0.2, 0) is 0 Å². The maximum Gasteiger partial charge on any atom is 0.401 e. The SMILES string of the molecule is Cc1nc(-c2cccnc2)nc(NCC2CCN(CC(F)(F)F)CC2)c1C. The first kappa shape index (κ1) is 19.5. The minimum Gasteiger partial charge on any atom is -0.369 e. The first-order valence-electron chi connectivity index (χ1n) is 9.10. The second-order valence-corrected chi connectivity index (χ2v) is 7.06. The van der Waals surface area contributed by atoms with Gasteiger partial charge in [-0.1, -0.05) is 0 Å². The van der Waals surface area contributed by atoms with E-state index in [1.165, 1.54) is 4.90 Å². The molecular formula is C19H24F3N5. The Bertz CT molecular complexity index is 756. The Kier molecular flexibility index (Phi) is 5.94. The second-order valence-electron chi connectivity index (χ2n) is 7.06. The molecule has 1 fully saturated rings. The summed E-state index contributed by atoms with van der Waals surface area (Å²) in [5.74, 6) is 1.73. The number of aromatic nitrogens is 3. The van der Waals surface area contributed by atoms with Gasteiger partial charge in [-0.25, -0.2) is 9.97 Å². The molecule has 3 heterocycles. The average Bonchev–Trinajstić information content (AvgIpc) is 2.63. The van der Waals surface area contributed by atoms with Gasteiger partial charge in [0.25, 0.3) is 0 Å². The van der Waals surface area contributed by atoms with Crippen LogP contribution >= 0.6 is 0 Å². The number of piperidine rings is 1. The molecule has 27 heavy (non-hydrogen) atoms. The van der Waals surface area contributed by atoms with E-state index in [4.69, 9.17) is 0 Å². The molecule has 0 atom stereocenters. The fourth-order valence-electron chi connectivity index (χ4n) is 3.27. The number of hydrogen-bond acceptors (Lipinski definition) is 5. The molecule has 0 saturated carbocycles. The number of aryl methyl sites for hydroxylation is 1. The quantitative estimate of drug-likeness (QED) is 0.855. The Hall–Kier alpha value is -2.22. The Balaban J connectivity index is 1.61. The van der Waals surface area contributed by atoms with Crippen molar-refractivity contribution in [3.8, 4) is 11.4 Å². The molecule has 8 heteroatoms. The van der Waals surface area contributed by atoms with E-state index in [0.29, 0.717) is 31.4 Å². The van der Waals surface area contributed by atoms with E-state index in [1.807, 2.05) is 26.0 Å². The topological polar surface area (TPSA) is 53.9 Å². The smallest absolute Gasteiger partial charge is 0.369 e. The highest BCUT2D eigenvalue weighted by Gasteiger charge is 2.32. The maximum absolute atomic E-state index is 12.5. The van der Waals surface area contributed by atoms with Crippen molar-refractivity contribution in [3.63, 3.8) is 0 Å². The normalized spacial score (nSPS) is 16.5. The first-order valence-corrected chi connectivity index (χ1v) is 9.10. The van der Waals surface area contributed by atoms with E-state index in [9.17, 15) is 13.2 Å². The molecule has 2 aromatic rings. The fourth-order valence-corrected chi connectivity index (χ4v) is 3.27. The predicted molar refractivity (Wildman–Crippen MR) is 98.4 cm³/mol. The molecule has 5 nitrogen and oxygen atoms in total. The third kappa shape index (κ3) is 5.38. The van der Waals surface area contributed by atoms with Gasteiger partial charge in [-0.05, 0) is 57.8 Å². The molecule has 0 bridgehead atoms. The van der Waals surface area contributed by atoms with Gasteiger partial charge in [-0.2, -0.15) is 13.2 Å². The molecule has 0 spiro atoms.